The fourth-order valence-corrected chi connectivity index (χ4v) is 2.48. The van der Waals surface area contributed by atoms with E-state index in [1.54, 1.807) is 0 Å². The van der Waals surface area contributed by atoms with Crippen molar-refractivity contribution in [3.8, 4) is 0 Å². The Kier molecular flexibility index (Phi) is 6.28. The molecule has 1 amide bonds. The monoisotopic (exact) mass is 270 g/mol. The van der Waals surface area contributed by atoms with E-state index in [9.17, 15) is 9.59 Å². The molecule has 0 radical (unpaired) electrons. The van der Waals surface area contributed by atoms with Crippen molar-refractivity contribution in [1.82, 2.24) is 10.2 Å². The van der Waals surface area contributed by atoms with Gasteiger partial charge in [-0.25, -0.2) is 4.79 Å². The third kappa shape index (κ3) is 4.82. The van der Waals surface area contributed by atoms with E-state index in [-0.39, 0.29) is 11.8 Å². The van der Waals surface area contributed by atoms with Gasteiger partial charge in [-0.2, -0.15) is 0 Å². The molecule has 5 heteroatoms. The number of piperidine rings is 1. The number of hydrogen-bond donors (Lipinski definition) is 2. The predicted molar refractivity (Wildman–Crippen MR) is 73.9 cm³/mol. The van der Waals surface area contributed by atoms with Crippen LogP contribution in [0.25, 0.3) is 0 Å². The summed E-state index contributed by atoms with van der Waals surface area (Å²) in [6.45, 7) is 7.13. The molecule has 1 heterocycles. The normalized spacial score (nSPS) is 23.6. The summed E-state index contributed by atoms with van der Waals surface area (Å²) in [5.41, 5.74) is 0. The number of amides is 1. The van der Waals surface area contributed by atoms with E-state index in [4.69, 9.17) is 5.11 Å². The van der Waals surface area contributed by atoms with E-state index in [1.165, 1.54) is 6.42 Å². The van der Waals surface area contributed by atoms with Crippen molar-refractivity contribution in [3.05, 3.63) is 0 Å². The quantitative estimate of drug-likeness (QED) is 0.767. The van der Waals surface area contributed by atoms with Gasteiger partial charge in [0.05, 0.1) is 6.54 Å². The molecule has 0 aliphatic carbocycles. The van der Waals surface area contributed by atoms with E-state index in [0.29, 0.717) is 12.6 Å². The maximum Gasteiger partial charge on any atom is 0.326 e. The van der Waals surface area contributed by atoms with Gasteiger partial charge in [-0.3, -0.25) is 9.69 Å². The number of carbonyl (C=O) groups excluding carboxylic acids is 1. The molecule has 19 heavy (non-hydrogen) atoms. The minimum Gasteiger partial charge on any atom is -0.480 e. The molecule has 1 aliphatic rings. The molecule has 3 unspecified atom stereocenters. The first-order chi connectivity index (χ1) is 8.95. The van der Waals surface area contributed by atoms with Crippen molar-refractivity contribution in [1.29, 1.82) is 0 Å². The molecule has 0 saturated carbocycles. The summed E-state index contributed by atoms with van der Waals surface area (Å²) in [5, 5.41) is 11.8. The van der Waals surface area contributed by atoms with Crippen molar-refractivity contribution in [3.63, 3.8) is 0 Å². The predicted octanol–water partition coefficient (Wildman–Crippen LogP) is 1.48. The Labute approximate surface area is 115 Å². The average molecular weight is 270 g/mol. The number of carboxylic acid groups (broad SMARTS) is 1. The van der Waals surface area contributed by atoms with Gasteiger partial charge in [-0.1, -0.05) is 26.7 Å². The lowest BCUT2D eigenvalue weighted by molar-refractivity contribution is -0.143. The summed E-state index contributed by atoms with van der Waals surface area (Å²) >= 11 is 0. The highest BCUT2D eigenvalue weighted by molar-refractivity contribution is 5.84. The van der Waals surface area contributed by atoms with E-state index >= 15 is 0 Å². The second-order valence-corrected chi connectivity index (χ2v) is 5.58. The van der Waals surface area contributed by atoms with Gasteiger partial charge in [0.2, 0.25) is 5.91 Å². The molecule has 1 rings (SSSR count). The van der Waals surface area contributed by atoms with Crippen molar-refractivity contribution in [2.75, 3.05) is 13.1 Å². The SMILES string of the molecule is CCC(C)C(NC(=O)CN1CCCCC1C)C(=O)O. The minimum atomic E-state index is -0.950. The van der Waals surface area contributed by atoms with Gasteiger partial charge in [0, 0.05) is 6.04 Å². The van der Waals surface area contributed by atoms with Gasteiger partial charge in [0.1, 0.15) is 6.04 Å². The number of hydrogen-bond acceptors (Lipinski definition) is 3. The number of nitrogens with one attached hydrogen (secondary N) is 1. The molecular formula is C14H26N2O3. The van der Waals surface area contributed by atoms with Gasteiger partial charge in [0.15, 0.2) is 0 Å². The van der Waals surface area contributed by atoms with E-state index < -0.39 is 12.0 Å². The highest BCUT2D eigenvalue weighted by Crippen LogP contribution is 2.16. The standard InChI is InChI=1S/C14H26N2O3/c1-4-10(2)13(14(18)19)15-12(17)9-16-8-6-5-7-11(16)3/h10-11,13H,4-9H2,1-3H3,(H,15,17)(H,18,19). The molecule has 0 aromatic heterocycles. The third-order valence-corrected chi connectivity index (χ3v) is 4.08. The number of aliphatic carboxylic acids is 1. The van der Waals surface area contributed by atoms with Crippen LogP contribution in [0.3, 0.4) is 0 Å². The molecule has 0 aromatic carbocycles. The Morgan fingerprint density at radius 1 is 1.42 bits per heavy atom. The first-order valence-corrected chi connectivity index (χ1v) is 7.22. The average Bonchev–Trinajstić information content (AvgIpc) is 2.37. The van der Waals surface area contributed by atoms with Crippen LogP contribution in [0.15, 0.2) is 0 Å². The van der Waals surface area contributed by atoms with E-state index in [1.807, 2.05) is 13.8 Å². The summed E-state index contributed by atoms with van der Waals surface area (Å²) in [5.74, 6) is -1.18. The highest BCUT2D eigenvalue weighted by atomic mass is 16.4. The molecule has 1 saturated heterocycles. The van der Waals surface area contributed by atoms with Crippen molar-refractivity contribution in [2.45, 2.75) is 58.5 Å². The van der Waals surface area contributed by atoms with Gasteiger partial charge in [0.25, 0.3) is 0 Å². The fraction of sp³-hybridized carbons (Fsp3) is 0.857. The first kappa shape index (κ1) is 16.0. The second-order valence-electron chi connectivity index (χ2n) is 5.58. The number of likely N-dealkylation sites (tertiary alicyclic amines) is 1. The highest BCUT2D eigenvalue weighted by Gasteiger charge is 2.27. The zero-order valence-corrected chi connectivity index (χ0v) is 12.2. The summed E-state index contributed by atoms with van der Waals surface area (Å²) in [6.07, 6.45) is 4.17. The van der Waals surface area contributed by atoms with Gasteiger partial charge in [-0.15, -0.1) is 0 Å². The van der Waals surface area contributed by atoms with Crippen molar-refractivity contribution in [2.24, 2.45) is 5.92 Å². The maximum absolute atomic E-state index is 12.0. The lowest BCUT2D eigenvalue weighted by Crippen LogP contribution is -2.50. The largest absolute Gasteiger partial charge is 0.480 e. The Hall–Kier alpha value is -1.10. The summed E-state index contributed by atoms with van der Waals surface area (Å²) < 4.78 is 0. The van der Waals surface area contributed by atoms with Crippen molar-refractivity contribution >= 4 is 11.9 Å². The smallest absolute Gasteiger partial charge is 0.326 e. The number of nitrogens with zero attached hydrogens (tertiary/aromatic N) is 1. The van der Waals surface area contributed by atoms with Crippen LogP contribution in [0, 0.1) is 5.92 Å². The molecule has 0 spiro atoms. The van der Waals surface area contributed by atoms with Crippen molar-refractivity contribution < 1.29 is 14.7 Å². The topological polar surface area (TPSA) is 69.6 Å². The van der Waals surface area contributed by atoms with Crippen LogP contribution in [0.1, 0.15) is 46.5 Å². The van der Waals surface area contributed by atoms with Gasteiger partial charge < -0.3 is 10.4 Å². The summed E-state index contributed by atoms with van der Waals surface area (Å²) in [7, 11) is 0. The zero-order valence-electron chi connectivity index (χ0n) is 12.2. The Morgan fingerprint density at radius 2 is 2.11 bits per heavy atom. The Bertz CT molecular complexity index is 320. The zero-order chi connectivity index (χ0) is 14.4. The van der Waals surface area contributed by atoms with Gasteiger partial charge in [-0.05, 0) is 32.2 Å². The molecule has 5 nitrogen and oxygen atoms in total. The molecule has 1 aliphatic heterocycles. The number of rotatable bonds is 6. The first-order valence-electron chi connectivity index (χ1n) is 7.22. The van der Waals surface area contributed by atoms with Crippen LogP contribution in [0.4, 0.5) is 0 Å². The van der Waals surface area contributed by atoms with Crippen LogP contribution in [0.5, 0.6) is 0 Å². The number of carbonyl (C=O) groups is 2. The molecule has 1 fully saturated rings. The molecule has 110 valence electrons. The lowest BCUT2D eigenvalue weighted by Gasteiger charge is -2.33. The molecule has 0 aromatic rings. The second kappa shape index (κ2) is 7.48. The number of carboxylic acids is 1. The lowest BCUT2D eigenvalue weighted by atomic mass is 9.99. The van der Waals surface area contributed by atoms with Crippen LogP contribution in [0.2, 0.25) is 0 Å². The summed E-state index contributed by atoms with van der Waals surface area (Å²) in [6, 6.07) is -0.371. The third-order valence-electron chi connectivity index (χ3n) is 4.08. The molecule has 3 atom stereocenters. The molecule has 0 bridgehead atoms. The van der Waals surface area contributed by atoms with Crippen LogP contribution < -0.4 is 5.32 Å². The molecular weight excluding hydrogens is 244 g/mol. The minimum absolute atomic E-state index is 0.0553. The van der Waals surface area contributed by atoms with E-state index in [0.717, 1.165) is 25.8 Å². The van der Waals surface area contributed by atoms with Gasteiger partial charge >= 0.3 is 5.97 Å². The molecule has 2 N–H and O–H groups in total. The van der Waals surface area contributed by atoms with Crippen LogP contribution >= 0.6 is 0 Å². The van der Waals surface area contributed by atoms with E-state index in [2.05, 4.69) is 17.1 Å². The van der Waals surface area contributed by atoms with Crippen LogP contribution in [-0.2, 0) is 9.59 Å². The Balaban J connectivity index is 2.50. The fourth-order valence-electron chi connectivity index (χ4n) is 2.48. The van der Waals surface area contributed by atoms with Crippen LogP contribution in [-0.4, -0.2) is 47.1 Å². The maximum atomic E-state index is 12.0. The Morgan fingerprint density at radius 3 is 2.63 bits per heavy atom. The summed E-state index contributed by atoms with van der Waals surface area (Å²) in [4.78, 5) is 25.3.